The first-order valence-electron chi connectivity index (χ1n) is 4.82. The van der Waals surface area contributed by atoms with Crippen molar-refractivity contribution in [2.75, 3.05) is 7.11 Å². The van der Waals surface area contributed by atoms with Gasteiger partial charge in [0.05, 0.1) is 22.7 Å². The fourth-order valence-corrected chi connectivity index (χ4v) is 3.05. The number of hydrogen-bond donors (Lipinski definition) is 0. The number of ether oxygens (including phenoxy) is 1. The molecule has 0 aliphatic carbocycles. The second-order valence-electron chi connectivity index (χ2n) is 3.33. The van der Waals surface area contributed by atoms with E-state index < -0.39 is 10.9 Å². The standard InChI is InChI=1S/C10H8N2O4S2/c1-5-11-6(4-17-5)9-7(12(14)15)3-8(18-9)10(13)16-2/h3-4H,1-2H3. The Balaban J connectivity index is 2.55. The fourth-order valence-electron chi connectivity index (χ4n) is 1.37. The van der Waals surface area contributed by atoms with Crippen LogP contribution in [0.1, 0.15) is 14.7 Å². The van der Waals surface area contributed by atoms with Crippen LogP contribution in [-0.2, 0) is 4.74 Å². The lowest BCUT2D eigenvalue weighted by molar-refractivity contribution is -0.383. The monoisotopic (exact) mass is 284 g/mol. The van der Waals surface area contributed by atoms with Crippen LogP contribution in [-0.4, -0.2) is 23.0 Å². The summed E-state index contributed by atoms with van der Waals surface area (Å²) in [5.74, 6) is -0.582. The van der Waals surface area contributed by atoms with Crippen LogP contribution < -0.4 is 0 Å². The number of nitrogens with zero attached hydrogens (tertiary/aromatic N) is 2. The first-order valence-corrected chi connectivity index (χ1v) is 6.51. The molecule has 2 rings (SSSR count). The summed E-state index contributed by atoms with van der Waals surface area (Å²) in [6.07, 6.45) is 0. The van der Waals surface area contributed by atoms with Crippen LogP contribution in [0.5, 0.6) is 0 Å². The van der Waals surface area contributed by atoms with E-state index in [-0.39, 0.29) is 10.6 Å². The Bertz CT molecular complexity index is 617. The van der Waals surface area contributed by atoms with Crippen molar-refractivity contribution in [1.29, 1.82) is 0 Å². The molecular formula is C10H8N2O4S2. The summed E-state index contributed by atoms with van der Waals surface area (Å²) in [5, 5.41) is 13.5. The third-order valence-electron chi connectivity index (χ3n) is 2.15. The number of thiazole rings is 1. The SMILES string of the molecule is COC(=O)c1cc([N+](=O)[O-])c(-c2csc(C)n2)s1. The lowest BCUT2D eigenvalue weighted by Crippen LogP contribution is -1.97. The quantitative estimate of drug-likeness (QED) is 0.491. The molecule has 0 radical (unpaired) electrons. The molecule has 0 amide bonds. The van der Waals surface area contributed by atoms with Crippen molar-refractivity contribution in [2.24, 2.45) is 0 Å². The summed E-state index contributed by atoms with van der Waals surface area (Å²) in [7, 11) is 1.24. The summed E-state index contributed by atoms with van der Waals surface area (Å²) in [4.78, 5) is 26.6. The third kappa shape index (κ3) is 2.24. The van der Waals surface area contributed by atoms with Crippen LogP contribution in [0.2, 0.25) is 0 Å². The molecule has 2 heterocycles. The molecule has 0 aromatic carbocycles. The molecule has 0 fully saturated rings. The number of methoxy groups -OCH3 is 1. The van der Waals surface area contributed by atoms with Crippen molar-refractivity contribution in [3.63, 3.8) is 0 Å². The number of thiophene rings is 1. The molecule has 0 bridgehead atoms. The summed E-state index contributed by atoms with van der Waals surface area (Å²) in [5.41, 5.74) is 0.398. The number of aromatic nitrogens is 1. The summed E-state index contributed by atoms with van der Waals surface area (Å²) >= 11 is 2.41. The van der Waals surface area contributed by atoms with E-state index >= 15 is 0 Å². The number of aryl methyl sites for hydroxylation is 1. The highest BCUT2D eigenvalue weighted by Crippen LogP contribution is 2.38. The Morgan fingerprint density at radius 1 is 1.56 bits per heavy atom. The molecule has 94 valence electrons. The highest BCUT2D eigenvalue weighted by Gasteiger charge is 2.25. The highest BCUT2D eigenvalue weighted by atomic mass is 32.1. The van der Waals surface area contributed by atoms with Gasteiger partial charge < -0.3 is 4.74 Å². The molecule has 0 atom stereocenters. The molecule has 0 aliphatic rings. The average molecular weight is 284 g/mol. The number of carbonyl (C=O) groups excluding carboxylic acids is 1. The number of rotatable bonds is 3. The minimum absolute atomic E-state index is 0.120. The van der Waals surface area contributed by atoms with E-state index in [0.717, 1.165) is 16.3 Å². The van der Waals surface area contributed by atoms with Crippen molar-refractivity contribution in [2.45, 2.75) is 6.92 Å². The normalized spacial score (nSPS) is 10.3. The number of esters is 1. The van der Waals surface area contributed by atoms with Crippen LogP contribution >= 0.6 is 22.7 Å². The topological polar surface area (TPSA) is 82.3 Å². The molecule has 0 aliphatic heterocycles. The number of hydrogen-bond acceptors (Lipinski definition) is 7. The zero-order valence-electron chi connectivity index (χ0n) is 9.50. The zero-order chi connectivity index (χ0) is 13.3. The van der Waals surface area contributed by atoms with Gasteiger partial charge in [-0.25, -0.2) is 9.78 Å². The maximum atomic E-state index is 11.4. The molecule has 0 unspecified atom stereocenters. The van der Waals surface area contributed by atoms with Gasteiger partial charge in [0.1, 0.15) is 9.75 Å². The molecule has 2 aromatic heterocycles. The molecule has 0 N–H and O–H groups in total. The van der Waals surface area contributed by atoms with Gasteiger partial charge in [0.15, 0.2) is 0 Å². The van der Waals surface area contributed by atoms with Gasteiger partial charge in [0.25, 0.3) is 5.69 Å². The lowest BCUT2D eigenvalue weighted by atomic mass is 10.3. The van der Waals surface area contributed by atoms with E-state index in [1.807, 2.05) is 6.92 Å². The average Bonchev–Trinajstić information content (AvgIpc) is 2.93. The summed E-state index contributed by atoms with van der Waals surface area (Å²) < 4.78 is 4.56. The highest BCUT2D eigenvalue weighted by molar-refractivity contribution is 7.18. The Labute approximate surface area is 110 Å². The van der Waals surface area contributed by atoms with Gasteiger partial charge in [0, 0.05) is 11.4 Å². The van der Waals surface area contributed by atoms with Gasteiger partial charge in [-0.3, -0.25) is 10.1 Å². The van der Waals surface area contributed by atoms with E-state index in [4.69, 9.17) is 0 Å². The molecule has 2 aromatic rings. The van der Waals surface area contributed by atoms with Crippen molar-refractivity contribution in [3.05, 3.63) is 31.4 Å². The van der Waals surface area contributed by atoms with Gasteiger partial charge >= 0.3 is 5.97 Å². The largest absolute Gasteiger partial charge is 0.465 e. The van der Waals surface area contributed by atoms with Gasteiger partial charge in [-0.2, -0.15) is 0 Å². The minimum Gasteiger partial charge on any atom is -0.465 e. The molecular weight excluding hydrogens is 276 g/mol. The minimum atomic E-state index is -0.582. The van der Waals surface area contributed by atoms with Crippen molar-refractivity contribution >= 4 is 34.3 Å². The summed E-state index contributed by atoms with van der Waals surface area (Å²) in [6.45, 7) is 1.81. The van der Waals surface area contributed by atoms with Crippen LogP contribution in [0.15, 0.2) is 11.4 Å². The van der Waals surface area contributed by atoms with Crippen LogP contribution in [0, 0.1) is 17.0 Å². The first-order chi connectivity index (χ1) is 8.52. The van der Waals surface area contributed by atoms with Crippen LogP contribution in [0.25, 0.3) is 10.6 Å². The van der Waals surface area contributed by atoms with E-state index in [1.165, 1.54) is 24.5 Å². The van der Waals surface area contributed by atoms with Gasteiger partial charge in [-0.1, -0.05) is 0 Å². The van der Waals surface area contributed by atoms with E-state index in [0.29, 0.717) is 10.6 Å². The Morgan fingerprint density at radius 3 is 2.78 bits per heavy atom. The second-order valence-corrected chi connectivity index (χ2v) is 5.44. The Kier molecular flexibility index (Phi) is 3.39. The van der Waals surface area contributed by atoms with Crippen LogP contribution in [0.4, 0.5) is 5.69 Å². The van der Waals surface area contributed by atoms with E-state index in [1.54, 1.807) is 5.38 Å². The number of carbonyl (C=O) groups is 1. The third-order valence-corrected chi connectivity index (χ3v) is 4.05. The van der Waals surface area contributed by atoms with Gasteiger partial charge in [-0.05, 0) is 6.92 Å². The van der Waals surface area contributed by atoms with Crippen molar-refractivity contribution in [3.8, 4) is 10.6 Å². The van der Waals surface area contributed by atoms with E-state index in [2.05, 4.69) is 9.72 Å². The zero-order valence-corrected chi connectivity index (χ0v) is 11.1. The molecule has 18 heavy (non-hydrogen) atoms. The molecule has 0 saturated carbocycles. The lowest BCUT2D eigenvalue weighted by Gasteiger charge is -1.91. The smallest absolute Gasteiger partial charge is 0.348 e. The number of nitro groups is 1. The van der Waals surface area contributed by atoms with Crippen LogP contribution in [0.3, 0.4) is 0 Å². The maximum absolute atomic E-state index is 11.4. The fraction of sp³-hybridized carbons (Fsp3) is 0.200. The Hall–Kier alpha value is -1.80. The van der Waals surface area contributed by atoms with Crippen molar-refractivity contribution < 1.29 is 14.5 Å². The molecule has 0 spiro atoms. The molecule has 0 saturated heterocycles. The predicted molar refractivity (Wildman–Crippen MR) is 68.2 cm³/mol. The maximum Gasteiger partial charge on any atom is 0.348 e. The summed E-state index contributed by atoms with van der Waals surface area (Å²) in [6, 6.07) is 1.22. The second kappa shape index (κ2) is 4.83. The molecule has 8 heteroatoms. The van der Waals surface area contributed by atoms with Crippen molar-refractivity contribution in [1.82, 2.24) is 4.98 Å². The van der Waals surface area contributed by atoms with Gasteiger partial charge in [-0.15, -0.1) is 22.7 Å². The van der Waals surface area contributed by atoms with Gasteiger partial charge in [0.2, 0.25) is 0 Å². The first kappa shape index (κ1) is 12.7. The van der Waals surface area contributed by atoms with E-state index in [9.17, 15) is 14.9 Å². The predicted octanol–water partition coefficient (Wildman–Crippen LogP) is 2.87. The Morgan fingerprint density at radius 2 is 2.28 bits per heavy atom. The molecule has 6 nitrogen and oxygen atoms in total.